The lowest BCUT2D eigenvalue weighted by molar-refractivity contribution is -0.178. The number of hydrogen-bond acceptors (Lipinski definition) is 6. The fraction of sp³-hybridized carbons (Fsp3) is 0.875. The third-order valence-corrected chi connectivity index (χ3v) is 10.2. The summed E-state index contributed by atoms with van der Waals surface area (Å²) in [4.78, 5) is 35.3. The Balaban J connectivity index is 1.50. The van der Waals surface area contributed by atoms with E-state index in [1.165, 1.54) is 0 Å². The predicted molar refractivity (Wildman–Crippen MR) is 117 cm³/mol. The van der Waals surface area contributed by atoms with Gasteiger partial charge in [0.15, 0.2) is 5.78 Å². The van der Waals surface area contributed by atoms with Crippen molar-refractivity contribution >= 4 is 34.2 Å². The zero-order valence-corrected chi connectivity index (χ0v) is 20.1. The Morgan fingerprint density at radius 2 is 1.74 bits per heavy atom. The number of aliphatic hydroxyl groups excluding tert-OH is 1. The molecule has 0 aliphatic heterocycles. The first-order valence-electron chi connectivity index (χ1n) is 11.8. The van der Waals surface area contributed by atoms with Crippen molar-refractivity contribution in [2.45, 2.75) is 77.4 Å². The number of carbonyl (C=O) groups is 3. The quantitative estimate of drug-likeness (QED) is 0.341. The summed E-state index contributed by atoms with van der Waals surface area (Å²) in [5.41, 5.74) is -0.0281. The molecule has 6 nitrogen and oxygen atoms in total. The molecule has 1 unspecified atom stereocenters. The van der Waals surface area contributed by atoms with Gasteiger partial charge < -0.3 is 14.6 Å². The highest BCUT2D eigenvalue weighted by atomic mass is 79.9. The lowest BCUT2D eigenvalue weighted by atomic mass is 9.44. The van der Waals surface area contributed by atoms with Gasteiger partial charge in [-0.25, -0.2) is 0 Å². The average Bonchev–Trinajstić information content (AvgIpc) is 3.10. The second kappa shape index (κ2) is 8.77. The molecule has 4 saturated carbocycles. The van der Waals surface area contributed by atoms with Crippen LogP contribution in [-0.2, 0) is 23.9 Å². The van der Waals surface area contributed by atoms with Crippen LogP contribution in [0.5, 0.6) is 0 Å². The number of esters is 1. The van der Waals surface area contributed by atoms with E-state index in [1.54, 1.807) is 0 Å². The summed E-state index contributed by atoms with van der Waals surface area (Å²) in [6, 6.07) is 0. The van der Waals surface area contributed by atoms with Crippen LogP contribution in [0.15, 0.2) is 0 Å². The summed E-state index contributed by atoms with van der Waals surface area (Å²) in [7, 11) is 0. The Kier molecular flexibility index (Phi) is 6.57. The Labute approximate surface area is 192 Å². The van der Waals surface area contributed by atoms with E-state index >= 15 is 0 Å². The number of carbonyl (C=O) groups excluding carboxylic acids is 3. The number of rotatable bonds is 6. The summed E-state index contributed by atoms with van der Waals surface area (Å²) >= 11 is 3.07. The summed E-state index contributed by atoms with van der Waals surface area (Å²) in [6.45, 7) is 5.01. The third-order valence-electron chi connectivity index (χ3n) is 9.75. The molecule has 174 valence electrons. The van der Waals surface area contributed by atoms with Crippen LogP contribution in [0.4, 0.5) is 0 Å². The van der Waals surface area contributed by atoms with Crippen LogP contribution in [0.3, 0.4) is 0 Å². The molecular weight excluding hydrogens is 464 g/mol. The van der Waals surface area contributed by atoms with Gasteiger partial charge in [-0.05, 0) is 85.9 Å². The summed E-state index contributed by atoms with van der Waals surface area (Å²) in [6.07, 6.45) is 6.83. The lowest BCUT2D eigenvalue weighted by Gasteiger charge is -2.62. The summed E-state index contributed by atoms with van der Waals surface area (Å²) in [5.74, 6) is 1.12. The summed E-state index contributed by atoms with van der Waals surface area (Å²) in [5, 5.41) is 11.3. The molecular formula is C24H35BrO6. The first-order valence-corrected chi connectivity index (χ1v) is 12.9. The number of aliphatic hydroxyl groups is 1. The standard InChI is InChI=1S/C24H35BrO6/c1-23-8-6-17-15(16(23)3-4-18(23)21(28)12-30-22(29)11-25)10-20(27)19-9-14(31-13-26)5-7-24(17,19)2/h13-20,27H,3-12H2,1-2H3/t14-,15-,16-,17-,18+,19?,20+,23-,24+/m0/s1. The minimum absolute atomic E-state index is 0.0460. The first-order chi connectivity index (χ1) is 14.7. The zero-order valence-electron chi connectivity index (χ0n) is 18.6. The SMILES string of the molecule is C[C@]12CC[C@H]3[C@@H](C[C@@H](O)C4C[C@@H](OC=O)CC[C@@]43C)[C@@H]1CC[C@@H]2C(=O)COC(=O)CBr. The third kappa shape index (κ3) is 3.88. The van der Waals surface area contributed by atoms with E-state index < -0.39 is 5.97 Å². The maximum Gasteiger partial charge on any atom is 0.316 e. The Morgan fingerprint density at radius 3 is 2.45 bits per heavy atom. The van der Waals surface area contributed by atoms with Crippen molar-refractivity contribution in [2.24, 2.45) is 40.4 Å². The van der Waals surface area contributed by atoms with Crippen molar-refractivity contribution < 1.29 is 29.0 Å². The van der Waals surface area contributed by atoms with E-state index in [2.05, 4.69) is 29.8 Å². The Hall–Kier alpha value is -0.950. The van der Waals surface area contributed by atoms with Gasteiger partial charge in [0.1, 0.15) is 18.0 Å². The molecule has 0 heterocycles. The van der Waals surface area contributed by atoms with Gasteiger partial charge in [0, 0.05) is 5.92 Å². The van der Waals surface area contributed by atoms with E-state index in [0.717, 1.165) is 51.4 Å². The highest BCUT2D eigenvalue weighted by molar-refractivity contribution is 9.09. The van der Waals surface area contributed by atoms with Crippen molar-refractivity contribution in [3.63, 3.8) is 0 Å². The van der Waals surface area contributed by atoms with Crippen molar-refractivity contribution in [2.75, 3.05) is 11.9 Å². The number of halogens is 1. The Morgan fingerprint density at radius 1 is 1.03 bits per heavy atom. The van der Waals surface area contributed by atoms with Crippen LogP contribution >= 0.6 is 15.9 Å². The average molecular weight is 499 g/mol. The minimum Gasteiger partial charge on any atom is -0.465 e. The van der Waals surface area contributed by atoms with Crippen LogP contribution < -0.4 is 0 Å². The fourth-order valence-corrected chi connectivity index (χ4v) is 8.45. The normalized spacial score (nSPS) is 46.3. The number of Topliss-reactive ketones (excluding diaryl/α,β-unsaturated/α-hetero) is 1. The molecule has 4 fully saturated rings. The van der Waals surface area contributed by atoms with Crippen molar-refractivity contribution in [1.29, 1.82) is 0 Å². The van der Waals surface area contributed by atoms with Crippen molar-refractivity contribution in [3.05, 3.63) is 0 Å². The molecule has 9 atom stereocenters. The van der Waals surface area contributed by atoms with E-state index in [0.29, 0.717) is 24.2 Å². The minimum atomic E-state index is -0.403. The van der Waals surface area contributed by atoms with Gasteiger partial charge in [0.25, 0.3) is 6.47 Å². The topological polar surface area (TPSA) is 89.9 Å². The highest BCUT2D eigenvalue weighted by Gasteiger charge is 2.63. The molecule has 1 N–H and O–H groups in total. The van der Waals surface area contributed by atoms with E-state index in [9.17, 15) is 19.5 Å². The second-order valence-electron chi connectivity index (χ2n) is 10.9. The smallest absolute Gasteiger partial charge is 0.316 e. The molecule has 4 aliphatic rings. The second-order valence-corrected chi connectivity index (χ2v) is 11.4. The molecule has 4 rings (SSSR count). The van der Waals surface area contributed by atoms with Crippen molar-refractivity contribution in [1.82, 2.24) is 0 Å². The molecule has 4 aliphatic carbocycles. The molecule has 0 bridgehead atoms. The molecule has 0 aromatic rings. The van der Waals surface area contributed by atoms with E-state index in [-0.39, 0.29) is 52.6 Å². The lowest BCUT2D eigenvalue weighted by Crippen LogP contribution is -2.58. The molecule has 0 aromatic carbocycles. The maximum atomic E-state index is 13.0. The van der Waals surface area contributed by atoms with Gasteiger partial charge in [-0.2, -0.15) is 0 Å². The number of fused-ring (bicyclic) bond motifs is 5. The maximum absolute atomic E-state index is 13.0. The van der Waals surface area contributed by atoms with Crippen molar-refractivity contribution in [3.8, 4) is 0 Å². The van der Waals surface area contributed by atoms with Crippen LogP contribution in [0.25, 0.3) is 0 Å². The number of hydrogen-bond donors (Lipinski definition) is 1. The first kappa shape index (κ1) is 23.2. The number of alkyl halides is 1. The van der Waals surface area contributed by atoms with Gasteiger partial charge in [-0.1, -0.05) is 29.8 Å². The van der Waals surface area contributed by atoms with Crippen LogP contribution in [-0.4, -0.2) is 47.5 Å². The summed E-state index contributed by atoms with van der Waals surface area (Å²) < 4.78 is 10.4. The highest BCUT2D eigenvalue weighted by Crippen LogP contribution is 2.67. The predicted octanol–water partition coefficient (Wildman–Crippen LogP) is 3.66. The number of ketones is 1. The van der Waals surface area contributed by atoms with Crippen LogP contribution in [0.1, 0.15) is 65.2 Å². The van der Waals surface area contributed by atoms with Gasteiger partial charge >= 0.3 is 5.97 Å². The van der Waals surface area contributed by atoms with Crippen LogP contribution in [0.2, 0.25) is 0 Å². The molecule has 7 heteroatoms. The molecule has 0 aromatic heterocycles. The van der Waals surface area contributed by atoms with Gasteiger partial charge in [-0.15, -0.1) is 0 Å². The largest absolute Gasteiger partial charge is 0.465 e. The molecule has 0 spiro atoms. The van der Waals surface area contributed by atoms with Gasteiger partial charge in [0.2, 0.25) is 0 Å². The van der Waals surface area contributed by atoms with E-state index in [1.807, 2.05) is 0 Å². The zero-order chi connectivity index (χ0) is 22.4. The fourth-order valence-electron chi connectivity index (χ4n) is 8.28. The van der Waals surface area contributed by atoms with Gasteiger partial charge in [-0.3, -0.25) is 14.4 Å². The molecule has 0 saturated heterocycles. The number of ether oxygens (including phenoxy) is 2. The van der Waals surface area contributed by atoms with E-state index in [4.69, 9.17) is 9.47 Å². The molecule has 0 radical (unpaired) electrons. The monoisotopic (exact) mass is 498 g/mol. The molecule has 0 amide bonds. The van der Waals surface area contributed by atoms with Gasteiger partial charge in [0.05, 0.1) is 6.10 Å². The van der Waals surface area contributed by atoms with Crippen LogP contribution in [0, 0.1) is 40.4 Å². The molecule has 31 heavy (non-hydrogen) atoms. The Bertz CT molecular complexity index is 727.